The van der Waals surface area contributed by atoms with Crippen LogP contribution in [-0.4, -0.2) is 74.6 Å². The number of likely N-dealkylation sites (tertiary alicyclic amines) is 1. The van der Waals surface area contributed by atoms with E-state index in [2.05, 4.69) is 26.1 Å². The van der Waals surface area contributed by atoms with Crippen LogP contribution in [0.2, 0.25) is 0 Å². The molecule has 0 spiro atoms. The topological polar surface area (TPSA) is 170 Å². The Labute approximate surface area is 283 Å². The van der Waals surface area contributed by atoms with Gasteiger partial charge in [0.25, 0.3) is 0 Å². The predicted octanol–water partition coefficient (Wildman–Crippen LogP) is 3.96. The molecule has 0 aromatic carbocycles. The molecule has 1 heterocycles. The van der Waals surface area contributed by atoms with Crippen molar-refractivity contribution in [3.8, 4) is 0 Å². The fraction of sp³-hybridized carbons (Fsp3) is 0.971. The van der Waals surface area contributed by atoms with Crippen molar-refractivity contribution < 1.29 is 44.4 Å². The lowest BCUT2D eigenvalue weighted by Gasteiger charge is -2.63. The van der Waals surface area contributed by atoms with Crippen molar-refractivity contribution in [2.75, 3.05) is 19.6 Å². The average molecular weight is 704 g/mol. The van der Waals surface area contributed by atoms with Crippen molar-refractivity contribution >= 4 is 26.7 Å². The number of carbonyl (C=O) groups excluding carboxylic acids is 1. The van der Waals surface area contributed by atoms with E-state index in [1.165, 1.54) is 0 Å². The van der Waals surface area contributed by atoms with Crippen LogP contribution in [0.5, 0.6) is 0 Å². The van der Waals surface area contributed by atoms with Crippen LogP contribution in [0.15, 0.2) is 0 Å². The number of quaternary nitrogens is 1. The number of nitrogens with two attached hydrogens (primary N) is 1. The first-order valence-corrected chi connectivity index (χ1v) is 21.0. The van der Waals surface area contributed by atoms with Gasteiger partial charge in [0.05, 0.1) is 24.8 Å². The first kappa shape index (κ1) is 37.4. The van der Waals surface area contributed by atoms with Gasteiger partial charge in [-0.2, -0.15) is 0 Å². The lowest BCUT2D eigenvalue weighted by atomic mass is 9.43. The Kier molecular flexibility index (Phi) is 11.5. The maximum Gasteiger partial charge on any atom is 0.222 e. The number of fused-ring (bicyclic) bond motifs is 5. The zero-order chi connectivity index (χ0) is 34.4. The summed E-state index contributed by atoms with van der Waals surface area (Å²) in [7, 11) is -9.66. The molecule has 3 unspecified atom stereocenters. The molecule has 47 heavy (non-hydrogen) atoms. The van der Waals surface area contributed by atoms with Crippen LogP contribution in [0.4, 0.5) is 0 Å². The second kappa shape index (κ2) is 14.4. The van der Waals surface area contributed by atoms with Crippen LogP contribution < -0.4 is 5.32 Å². The van der Waals surface area contributed by atoms with E-state index in [0.717, 1.165) is 83.8 Å². The van der Waals surface area contributed by atoms with Gasteiger partial charge in [-0.25, -0.2) is 16.8 Å². The lowest BCUT2D eigenvalue weighted by Crippen LogP contribution is -2.91. The Morgan fingerprint density at radius 3 is 2.28 bits per heavy atom. The van der Waals surface area contributed by atoms with Gasteiger partial charge in [0.1, 0.15) is 0 Å². The SMILES string of the molecule is CC(C)[C@@H](CC[C@@H](C)[C@H]1CCC2C3C(CC[C@@]21C)[C@@]1(C)CC[C@H]([NH2+]CCCN2CCCC2=O)C[C@@H]1C[C@H]3OS(=O)(=O)[O-])OS(=O)(=O)[O-]. The summed E-state index contributed by atoms with van der Waals surface area (Å²) in [4.78, 5) is 13.9. The van der Waals surface area contributed by atoms with E-state index in [4.69, 9.17) is 8.37 Å². The third-order valence-corrected chi connectivity index (χ3v) is 14.9. The van der Waals surface area contributed by atoms with Gasteiger partial charge in [-0.3, -0.25) is 13.2 Å². The molecule has 5 rings (SSSR count). The third kappa shape index (κ3) is 8.39. The van der Waals surface area contributed by atoms with Gasteiger partial charge in [0.2, 0.25) is 26.7 Å². The third-order valence-electron chi connectivity index (χ3n) is 13.9. The molecule has 13 heteroatoms. The van der Waals surface area contributed by atoms with Gasteiger partial charge in [0.15, 0.2) is 0 Å². The van der Waals surface area contributed by atoms with Crippen LogP contribution in [0.25, 0.3) is 0 Å². The van der Waals surface area contributed by atoms with E-state index in [1.54, 1.807) is 0 Å². The molecule has 4 aliphatic carbocycles. The van der Waals surface area contributed by atoms with E-state index in [1.807, 2.05) is 18.7 Å². The largest absolute Gasteiger partial charge is 0.726 e. The molecular weight excluding hydrogens is 645 g/mol. The van der Waals surface area contributed by atoms with Crippen LogP contribution in [0, 0.1) is 52.3 Å². The number of hydrogen-bond donors (Lipinski definition) is 1. The van der Waals surface area contributed by atoms with Crippen molar-refractivity contribution in [1.29, 1.82) is 0 Å². The van der Waals surface area contributed by atoms with E-state index in [9.17, 15) is 30.7 Å². The summed E-state index contributed by atoms with van der Waals surface area (Å²) in [5.41, 5.74) is 0.0265. The molecule has 272 valence electrons. The minimum absolute atomic E-state index is 0.00630. The first-order chi connectivity index (χ1) is 21.9. The van der Waals surface area contributed by atoms with Crippen LogP contribution in [0.1, 0.15) is 118 Å². The highest BCUT2D eigenvalue weighted by Crippen LogP contribution is 2.68. The van der Waals surface area contributed by atoms with Gasteiger partial charge in [-0.05, 0) is 116 Å². The van der Waals surface area contributed by atoms with Gasteiger partial charge < -0.3 is 19.3 Å². The molecule has 4 saturated carbocycles. The summed E-state index contributed by atoms with van der Waals surface area (Å²) in [6, 6.07) is 0.448. The van der Waals surface area contributed by atoms with Crippen molar-refractivity contribution in [1.82, 2.24) is 4.90 Å². The summed E-state index contributed by atoms with van der Waals surface area (Å²) in [6.45, 7) is 13.4. The summed E-state index contributed by atoms with van der Waals surface area (Å²) >= 11 is 0. The fourth-order valence-electron chi connectivity index (χ4n) is 11.5. The second-order valence-corrected chi connectivity index (χ2v) is 18.8. The van der Waals surface area contributed by atoms with Gasteiger partial charge >= 0.3 is 0 Å². The van der Waals surface area contributed by atoms with Crippen LogP contribution in [-0.2, 0) is 34.0 Å². The van der Waals surface area contributed by atoms with Crippen LogP contribution in [0.3, 0.4) is 0 Å². The van der Waals surface area contributed by atoms with Gasteiger partial charge in [-0.1, -0.05) is 34.6 Å². The molecular formula is C34H59N2O9S2-. The molecule has 1 saturated heterocycles. The molecule has 0 aromatic rings. The molecule has 0 radical (unpaired) electrons. The Morgan fingerprint density at radius 1 is 0.936 bits per heavy atom. The highest BCUT2D eigenvalue weighted by Gasteiger charge is 2.64. The standard InChI is InChI=1S/C34H60N2O9S2/c1-22(2)29(44-46(38,39)40)12-9-23(3)26-10-11-27-32-28(14-16-34(26,27)5)33(4)15-13-25(20-24(33)21-30(32)45-47(41,42)43)35-17-7-19-36-18-6-8-31(36)37/h22-30,32,35H,6-21H2,1-5H3,(H,38,39,40)(H,41,42,43)/p-1/t23-,24-,25+,26-,27?,28?,29-,30-,32?,33+,34-/m1/s1. The molecule has 11 atom stereocenters. The Balaban J connectivity index is 1.26. The maximum absolute atomic E-state index is 12.1. The number of nitrogens with zero attached hydrogens (tertiary/aromatic N) is 1. The molecule has 1 amide bonds. The predicted molar refractivity (Wildman–Crippen MR) is 174 cm³/mol. The van der Waals surface area contributed by atoms with Gasteiger partial charge in [0, 0.05) is 32.4 Å². The molecule has 0 aromatic heterocycles. The molecule has 5 aliphatic rings. The highest BCUT2D eigenvalue weighted by molar-refractivity contribution is 7.81. The first-order valence-electron chi connectivity index (χ1n) is 18.3. The Bertz CT molecular complexity index is 1330. The number of hydrogen-bond acceptors (Lipinski definition) is 9. The van der Waals surface area contributed by atoms with Crippen molar-refractivity contribution in [3.63, 3.8) is 0 Å². The number of carbonyl (C=O) groups is 1. The molecule has 5 fully saturated rings. The zero-order valence-corrected chi connectivity index (χ0v) is 30.7. The summed E-state index contributed by atoms with van der Waals surface area (Å²) in [5, 5.41) is 2.43. The van der Waals surface area contributed by atoms with Crippen molar-refractivity contribution in [2.24, 2.45) is 52.3 Å². The highest BCUT2D eigenvalue weighted by atomic mass is 32.3. The van der Waals surface area contributed by atoms with E-state index < -0.39 is 33.0 Å². The van der Waals surface area contributed by atoms with Crippen LogP contribution >= 0.6 is 0 Å². The number of rotatable bonds is 14. The maximum atomic E-state index is 12.1. The minimum atomic E-state index is -4.87. The smallest absolute Gasteiger partial charge is 0.222 e. The summed E-state index contributed by atoms with van der Waals surface area (Å²) < 4.78 is 80.9. The quantitative estimate of drug-likeness (QED) is 0.160. The normalized spacial score (nSPS) is 39.0. The average Bonchev–Trinajstić information content (AvgIpc) is 3.54. The molecule has 1 aliphatic heterocycles. The molecule has 2 N–H and O–H groups in total. The Hall–Kier alpha value is -0.830. The van der Waals surface area contributed by atoms with Gasteiger partial charge in [-0.15, -0.1) is 0 Å². The van der Waals surface area contributed by atoms with E-state index in [-0.39, 0.29) is 46.3 Å². The fourth-order valence-corrected chi connectivity index (χ4v) is 12.7. The Morgan fingerprint density at radius 2 is 1.64 bits per heavy atom. The monoisotopic (exact) mass is 703 g/mol. The van der Waals surface area contributed by atoms with Crippen molar-refractivity contribution in [2.45, 2.75) is 136 Å². The second-order valence-electron chi connectivity index (χ2n) is 16.7. The van der Waals surface area contributed by atoms with E-state index in [0.29, 0.717) is 37.1 Å². The lowest BCUT2D eigenvalue weighted by molar-refractivity contribution is -0.694. The summed E-state index contributed by atoms with van der Waals surface area (Å²) in [6.07, 6.45) is 10.3. The minimum Gasteiger partial charge on any atom is -0.726 e. The molecule has 11 nitrogen and oxygen atoms in total. The molecule has 0 bridgehead atoms. The van der Waals surface area contributed by atoms with Crippen molar-refractivity contribution in [3.05, 3.63) is 0 Å². The van der Waals surface area contributed by atoms with E-state index >= 15 is 0 Å². The zero-order valence-electron chi connectivity index (χ0n) is 29.1. The summed E-state index contributed by atoms with van der Waals surface area (Å²) in [5.74, 6) is 1.63. The number of amides is 1.